The Morgan fingerprint density at radius 2 is 1.30 bits per heavy atom. The molecule has 1 amide bonds. The third-order valence-electron chi connectivity index (χ3n) is 7.49. The molecule has 10 nitrogen and oxygen atoms in total. The van der Waals surface area contributed by atoms with E-state index >= 15 is 0 Å². The predicted octanol–water partition coefficient (Wildman–Crippen LogP) is 5.18. The summed E-state index contributed by atoms with van der Waals surface area (Å²) in [6.07, 6.45) is 0. The van der Waals surface area contributed by atoms with Crippen LogP contribution in [-0.4, -0.2) is 103 Å². The molecule has 0 atom stereocenters. The van der Waals surface area contributed by atoms with Crippen LogP contribution in [-0.2, 0) is 46.3 Å². The summed E-state index contributed by atoms with van der Waals surface area (Å²) >= 11 is 1.81. The Kier molecular flexibility index (Phi) is 16.6. The van der Waals surface area contributed by atoms with E-state index in [1.54, 1.807) is 11.3 Å². The molecule has 0 spiro atoms. The van der Waals surface area contributed by atoms with Crippen LogP contribution in [0.15, 0.2) is 47.8 Å². The molecule has 2 aromatic heterocycles. The maximum absolute atomic E-state index is 10.7. The van der Waals surface area contributed by atoms with Gasteiger partial charge < -0.3 is 43.6 Å². The van der Waals surface area contributed by atoms with Gasteiger partial charge in [-0.1, -0.05) is 18.2 Å². The fraction of sp³-hybridized carbons (Fsp3) is 0.528. The van der Waals surface area contributed by atoms with Crippen LogP contribution < -0.4 is 10.6 Å². The van der Waals surface area contributed by atoms with Crippen molar-refractivity contribution in [3.8, 4) is 10.4 Å². The molecule has 0 saturated heterocycles. The zero-order chi connectivity index (χ0) is 33.1. The second kappa shape index (κ2) is 21.2. The van der Waals surface area contributed by atoms with Gasteiger partial charge in [-0.25, -0.2) is 0 Å². The van der Waals surface area contributed by atoms with Crippen LogP contribution in [0.1, 0.15) is 25.0 Å². The van der Waals surface area contributed by atoms with Crippen molar-refractivity contribution in [2.45, 2.75) is 33.9 Å². The van der Waals surface area contributed by atoms with E-state index in [0.29, 0.717) is 85.8 Å². The van der Waals surface area contributed by atoms with Crippen molar-refractivity contribution < 1.29 is 33.2 Å². The molecule has 0 aliphatic rings. The molecule has 0 unspecified atom stereocenters. The van der Waals surface area contributed by atoms with Gasteiger partial charge in [0.1, 0.15) is 0 Å². The number of aromatic nitrogens is 1. The highest BCUT2D eigenvalue weighted by molar-refractivity contribution is 7.13. The van der Waals surface area contributed by atoms with Crippen molar-refractivity contribution in [1.82, 2.24) is 15.2 Å². The largest absolute Gasteiger partial charge is 0.378 e. The Balaban J connectivity index is 0.984. The van der Waals surface area contributed by atoms with Gasteiger partial charge in [-0.15, -0.1) is 11.3 Å². The average molecular weight is 670 g/mol. The molecule has 258 valence electrons. The Labute approximate surface area is 282 Å². The van der Waals surface area contributed by atoms with Crippen molar-refractivity contribution in [3.05, 3.63) is 59.0 Å². The number of aryl methyl sites for hydroxylation is 2. The Morgan fingerprint density at radius 1 is 0.702 bits per heavy atom. The molecule has 0 saturated carbocycles. The molecule has 11 heteroatoms. The van der Waals surface area contributed by atoms with E-state index in [4.69, 9.17) is 28.4 Å². The van der Waals surface area contributed by atoms with Gasteiger partial charge in [-0.2, -0.15) is 0 Å². The number of amides is 1. The number of thiophene rings is 1. The maximum Gasteiger partial charge on any atom is 0.216 e. The second-order valence-electron chi connectivity index (χ2n) is 11.1. The summed E-state index contributed by atoms with van der Waals surface area (Å²) in [6, 6.07) is 15.9. The molecule has 0 radical (unpaired) electrons. The van der Waals surface area contributed by atoms with Gasteiger partial charge in [-0.05, 0) is 60.2 Å². The van der Waals surface area contributed by atoms with Gasteiger partial charge in [-0.3, -0.25) is 4.79 Å². The third-order valence-corrected chi connectivity index (χ3v) is 8.59. The lowest BCUT2D eigenvalue weighted by atomic mass is 10.1. The maximum atomic E-state index is 10.7. The summed E-state index contributed by atoms with van der Waals surface area (Å²) in [5, 5.41) is 11.0. The average Bonchev–Trinajstić information content (AvgIpc) is 3.65. The highest BCUT2D eigenvalue weighted by atomic mass is 32.1. The van der Waals surface area contributed by atoms with E-state index in [1.165, 1.54) is 50.3 Å². The predicted molar refractivity (Wildman–Crippen MR) is 188 cm³/mol. The van der Waals surface area contributed by atoms with Crippen LogP contribution >= 0.6 is 11.3 Å². The van der Waals surface area contributed by atoms with Crippen LogP contribution in [0, 0.1) is 6.92 Å². The zero-order valence-corrected chi connectivity index (χ0v) is 29.0. The van der Waals surface area contributed by atoms with Crippen LogP contribution in [0.25, 0.3) is 32.2 Å². The minimum atomic E-state index is -0.0553. The van der Waals surface area contributed by atoms with Crippen molar-refractivity contribution in [2.75, 3.05) is 92.4 Å². The van der Waals surface area contributed by atoms with Gasteiger partial charge in [0.05, 0.1) is 79.3 Å². The Morgan fingerprint density at radius 3 is 1.85 bits per heavy atom. The number of rotatable bonds is 25. The number of nitrogens with zero attached hydrogens (tertiary/aromatic N) is 1. The first-order chi connectivity index (χ1) is 23.1. The standard InChI is InChI=1S/C36H51N3O7S/c1-4-39-34-8-5-30(24-33(34)32-7-6-31(25-35(32)39)36-23-28(2)27-47-36)26-37-9-11-41-13-15-43-17-19-45-21-22-46-20-18-44-16-14-42-12-10-38-29(3)40/h5-8,23-25,27,37H,4,9-22,26H2,1-3H3,(H,38,40). The van der Waals surface area contributed by atoms with E-state index in [-0.39, 0.29) is 5.91 Å². The van der Waals surface area contributed by atoms with Gasteiger partial charge in [0.15, 0.2) is 0 Å². The molecule has 47 heavy (non-hydrogen) atoms. The van der Waals surface area contributed by atoms with Crippen LogP contribution in [0.3, 0.4) is 0 Å². The Hall–Kier alpha value is -2.87. The van der Waals surface area contributed by atoms with Gasteiger partial charge in [0.2, 0.25) is 5.91 Å². The molecule has 4 aromatic rings. The van der Waals surface area contributed by atoms with Crippen molar-refractivity contribution in [2.24, 2.45) is 0 Å². The summed E-state index contributed by atoms with van der Waals surface area (Å²) < 4.78 is 35.5. The number of carbonyl (C=O) groups excluding carboxylic acids is 1. The van der Waals surface area contributed by atoms with E-state index in [1.807, 2.05) is 0 Å². The number of benzene rings is 2. The lowest BCUT2D eigenvalue weighted by Gasteiger charge is -2.09. The molecule has 2 heterocycles. The first kappa shape index (κ1) is 37.0. The lowest BCUT2D eigenvalue weighted by Crippen LogP contribution is -2.25. The van der Waals surface area contributed by atoms with Gasteiger partial charge in [0.25, 0.3) is 0 Å². The quantitative estimate of drug-likeness (QED) is 0.0933. The molecule has 4 rings (SSSR count). The molecule has 0 fully saturated rings. The van der Waals surface area contributed by atoms with E-state index < -0.39 is 0 Å². The molecule has 0 aliphatic carbocycles. The smallest absolute Gasteiger partial charge is 0.216 e. The summed E-state index contributed by atoms with van der Waals surface area (Å²) in [6.45, 7) is 15.2. The van der Waals surface area contributed by atoms with Crippen LogP contribution in [0.2, 0.25) is 0 Å². The summed E-state index contributed by atoms with van der Waals surface area (Å²) in [5.74, 6) is -0.0553. The number of hydrogen-bond donors (Lipinski definition) is 2. The second-order valence-corrected chi connectivity index (χ2v) is 12.1. The number of ether oxygens (including phenoxy) is 6. The summed E-state index contributed by atoms with van der Waals surface area (Å²) in [5.41, 5.74) is 6.44. The minimum absolute atomic E-state index is 0.0553. The highest BCUT2D eigenvalue weighted by Gasteiger charge is 2.12. The molecular formula is C36H51N3O7S. The number of fused-ring (bicyclic) bond motifs is 3. The van der Waals surface area contributed by atoms with Crippen LogP contribution in [0.4, 0.5) is 0 Å². The third kappa shape index (κ3) is 12.6. The van der Waals surface area contributed by atoms with Crippen molar-refractivity contribution in [3.63, 3.8) is 0 Å². The topological polar surface area (TPSA) is 101 Å². The Bertz CT molecular complexity index is 1490. The van der Waals surface area contributed by atoms with Gasteiger partial charge >= 0.3 is 0 Å². The monoisotopic (exact) mass is 669 g/mol. The minimum Gasteiger partial charge on any atom is -0.378 e. The SMILES string of the molecule is CCn1c2ccc(CNCCOCCOCCOCCOCCOCCOCCNC(C)=O)cc2c2ccc(-c3cc(C)cs3)cc21. The van der Waals surface area contributed by atoms with E-state index in [0.717, 1.165) is 19.6 Å². The van der Waals surface area contributed by atoms with Gasteiger partial charge in [0, 0.05) is 59.8 Å². The first-order valence-electron chi connectivity index (χ1n) is 16.6. The summed E-state index contributed by atoms with van der Waals surface area (Å²) in [4.78, 5) is 12.1. The normalized spacial score (nSPS) is 11.6. The molecular weight excluding hydrogens is 618 g/mol. The number of carbonyl (C=O) groups is 1. The van der Waals surface area contributed by atoms with E-state index in [2.05, 4.69) is 76.9 Å². The molecule has 0 aliphatic heterocycles. The van der Waals surface area contributed by atoms with Crippen molar-refractivity contribution >= 4 is 39.0 Å². The number of hydrogen-bond acceptors (Lipinski definition) is 9. The fourth-order valence-electron chi connectivity index (χ4n) is 5.21. The van der Waals surface area contributed by atoms with Crippen molar-refractivity contribution in [1.29, 1.82) is 0 Å². The molecule has 2 aromatic carbocycles. The highest BCUT2D eigenvalue weighted by Crippen LogP contribution is 2.35. The van der Waals surface area contributed by atoms with E-state index in [9.17, 15) is 4.79 Å². The number of nitrogens with one attached hydrogen (secondary N) is 2. The van der Waals surface area contributed by atoms with Crippen LogP contribution in [0.5, 0.6) is 0 Å². The zero-order valence-electron chi connectivity index (χ0n) is 28.1. The molecule has 0 bridgehead atoms. The summed E-state index contributed by atoms with van der Waals surface area (Å²) in [7, 11) is 0. The fourth-order valence-corrected chi connectivity index (χ4v) is 6.11. The molecule has 2 N–H and O–H groups in total. The first-order valence-corrected chi connectivity index (χ1v) is 17.5. The lowest BCUT2D eigenvalue weighted by molar-refractivity contribution is -0.119.